The Hall–Kier alpha value is -4.59. The zero-order chi connectivity index (χ0) is 30.2. The van der Waals surface area contributed by atoms with Gasteiger partial charge >= 0.3 is 0 Å². The zero-order valence-electron chi connectivity index (χ0n) is 25.3. The predicted molar refractivity (Wildman–Crippen MR) is 169 cm³/mol. The van der Waals surface area contributed by atoms with Gasteiger partial charge in [0.15, 0.2) is 5.75 Å². The minimum atomic E-state index is -0.0676. The van der Waals surface area contributed by atoms with E-state index in [1.54, 1.807) is 0 Å². The number of nitrogens with zero attached hydrogens (tertiary/aromatic N) is 3. The maximum Gasteiger partial charge on any atom is 0.251 e. The summed E-state index contributed by atoms with van der Waals surface area (Å²) in [6.07, 6.45) is 6.46. The molecule has 2 heterocycles. The first-order chi connectivity index (χ1) is 20.9. The molecule has 3 aromatic carbocycles. The van der Waals surface area contributed by atoms with Crippen LogP contribution in [0.2, 0.25) is 0 Å². The van der Waals surface area contributed by atoms with Gasteiger partial charge in [-0.05, 0) is 74.1 Å². The van der Waals surface area contributed by atoms with E-state index in [0.29, 0.717) is 57.0 Å². The molecule has 2 amide bonds. The van der Waals surface area contributed by atoms with Gasteiger partial charge in [0.1, 0.15) is 5.75 Å². The number of hydrogen-bond acceptors (Lipinski definition) is 5. The smallest absolute Gasteiger partial charge is 0.251 e. The molecule has 5 rings (SSSR count). The van der Waals surface area contributed by atoms with Crippen molar-refractivity contribution in [2.75, 3.05) is 31.2 Å². The quantitative estimate of drug-likeness (QED) is 0.210. The van der Waals surface area contributed by atoms with Crippen molar-refractivity contribution in [1.29, 1.82) is 0 Å². The van der Waals surface area contributed by atoms with Crippen molar-refractivity contribution >= 4 is 17.5 Å². The average molecular weight is 581 g/mol. The lowest BCUT2D eigenvalue weighted by atomic mass is 10.1. The van der Waals surface area contributed by atoms with Gasteiger partial charge < -0.3 is 19.7 Å². The first-order valence-electron chi connectivity index (χ1n) is 15.1. The van der Waals surface area contributed by atoms with Gasteiger partial charge in [0, 0.05) is 42.4 Å². The van der Waals surface area contributed by atoms with E-state index in [-0.39, 0.29) is 11.8 Å². The number of rotatable bonds is 11. The molecule has 0 bridgehead atoms. The van der Waals surface area contributed by atoms with Crippen LogP contribution >= 0.6 is 0 Å². The number of nitrogens with one attached hydrogen (secondary N) is 1. The van der Waals surface area contributed by atoms with Gasteiger partial charge in [0.05, 0.1) is 31.6 Å². The molecule has 0 saturated heterocycles. The van der Waals surface area contributed by atoms with Gasteiger partial charge in [0.25, 0.3) is 5.91 Å². The number of benzene rings is 3. The highest BCUT2D eigenvalue weighted by atomic mass is 16.5. The summed E-state index contributed by atoms with van der Waals surface area (Å²) in [5.41, 5.74) is 6.54. The Morgan fingerprint density at radius 1 is 1.07 bits per heavy atom. The van der Waals surface area contributed by atoms with Crippen LogP contribution in [0.15, 0.2) is 73.1 Å². The van der Waals surface area contributed by atoms with Crippen LogP contribution in [-0.4, -0.2) is 47.9 Å². The SMILES string of the molecule is CCCNC(=O)c1cccc(Cn2cc(-c3cccc4c3OCCCN4C(=O)CCCOc3cccc(C)c3C)cn2)c1. The van der Waals surface area contributed by atoms with E-state index in [4.69, 9.17) is 9.47 Å². The highest BCUT2D eigenvalue weighted by Crippen LogP contribution is 2.40. The van der Waals surface area contributed by atoms with Gasteiger partial charge in [-0.2, -0.15) is 5.10 Å². The molecule has 8 heteroatoms. The Morgan fingerprint density at radius 3 is 2.77 bits per heavy atom. The number of aryl methyl sites for hydroxylation is 1. The summed E-state index contributed by atoms with van der Waals surface area (Å²) in [5, 5.41) is 7.52. The molecule has 0 saturated carbocycles. The molecule has 0 radical (unpaired) electrons. The number of anilines is 1. The highest BCUT2D eigenvalue weighted by molar-refractivity contribution is 5.97. The number of carbonyl (C=O) groups excluding carboxylic acids is 2. The molecule has 0 unspecified atom stereocenters. The number of para-hydroxylation sites is 1. The number of carbonyl (C=O) groups is 2. The van der Waals surface area contributed by atoms with Crippen LogP contribution in [0.4, 0.5) is 5.69 Å². The van der Waals surface area contributed by atoms with Crippen LogP contribution in [0.5, 0.6) is 11.5 Å². The fourth-order valence-electron chi connectivity index (χ4n) is 5.24. The van der Waals surface area contributed by atoms with Crippen molar-refractivity contribution < 1.29 is 19.1 Å². The van der Waals surface area contributed by atoms with Crippen molar-refractivity contribution in [3.05, 3.63) is 95.3 Å². The molecule has 224 valence electrons. The molecule has 0 fully saturated rings. The van der Waals surface area contributed by atoms with Crippen LogP contribution in [0.25, 0.3) is 11.1 Å². The maximum absolute atomic E-state index is 13.4. The van der Waals surface area contributed by atoms with E-state index in [1.165, 1.54) is 5.56 Å². The van der Waals surface area contributed by atoms with E-state index >= 15 is 0 Å². The van der Waals surface area contributed by atoms with Gasteiger partial charge in [-0.3, -0.25) is 14.3 Å². The van der Waals surface area contributed by atoms with Crippen LogP contribution in [0.3, 0.4) is 0 Å². The van der Waals surface area contributed by atoms with Gasteiger partial charge in [-0.25, -0.2) is 0 Å². The highest BCUT2D eigenvalue weighted by Gasteiger charge is 2.25. The molecule has 43 heavy (non-hydrogen) atoms. The molecule has 1 aliphatic rings. The van der Waals surface area contributed by atoms with E-state index in [1.807, 2.05) is 83.5 Å². The minimum absolute atomic E-state index is 0.0621. The largest absolute Gasteiger partial charge is 0.493 e. The molecule has 0 atom stereocenters. The molecule has 1 aromatic heterocycles. The topological polar surface area (TPSA) is 85.7 Å². The Bertz CT molecular complexity index is 1580. The van der Waals surface area contributed by atoms with Crippen molar-refractivity contribution in [3.8, 4) is 22.6 Å². The monoisotopic (exact) mass is 580 g/mol. The number of aromatic nitrogens is 2. The van der Waals surface area contributed by atoms with Gasteiger partial charge in [-0.1, -0.05) is 43.3 Å². The fraction of sp³-hybridized carbons (Fsp3) is 0.343. The molecule has 8 nitrogen and oxygen atoms in total. The summed E-state index contributed by atoms with van der Waals surface area (Å²) < 4.78 is 14.1. The minimum Gasteiger partial charge on any atom is -0.493 e. The maximum atomic E-state index is 13.4. The third-order valence-electron chi connectivity index (χ3n) is 7.72. The molecular weight excluding hydrogens is 540 g/mol. The van der Waals surface area contributed by atoms with Gasteiger partial charge in [-0.15, -0.1) is 0 Å². The summed E-state index contributed by atoms with van der Waals surface area (Å²) in [5.74, 6) is 1.57. The third-order valence-corrected chi connectivity index (χ3v) is 7.72. The Kier molecular flexibility index (Phi) is 9.77. The molecule has 4 aromatic rings. The number of ether oxygens (including phenoxy) is 2. The lowest BCUT2D eigenvalue weighted by molar-refractivity contribution is -0.118. The Morgan fingerprint density at radius 2 is 1.91 bits per heavy atom. The van der Waals surface area contributed by atoms with Gasteiger partial charge in [0.2, 0.25) is 5.91 Å². The molecule has 1 N–H and O–H groups in total. The number of hydrogen-bond donors (Lipinski definition) is 1. The van der Waals surface area contributed by atoms with E-state index in [0.717, 1.165) is 46.5 Å². The summed E-state index contributed by atoms with van der Waals surface area (Å²) >= 11 is 0. The van der Waals surface area contributed by atoms with E-state index < -0.39 is 0 Å². The standard InChI is InChI=1S/C35H40N4O4/c1-4-17-36-35(41)28-12-6-11-27(21-28)23-38-24-29(22-37-38)30-13-7-14-31-34(30)43-20-9-18-39(31)33(40)16-8-19-42-32-15-5-10-25(2)26(32)3/h5-7,10-15,21-22,24H,4,8-9,16-20,23H2,1-3H3,(H,36,41). The average Bonchev–Trinajstić information content (AvgIpc) is 3.36. The Labute approximate surface area is 253 Å². The number of fused-ring (bicyclic) bond motifs is 1. The lowest BCUT2D eigenvalue weighted by Gasteiger charge is -2.23. The Balaban J connectivity index is 1.27. The fourth-order valence-corrected chi connectivity index (χ4v) is 5.24. The molecule has 0 spiro atoms. The van der Waals surface area contributed by atoms with E-state index in [2.05, 4.69) is 30.3 Å². The van der Waals surface area contributed by atoms with Crippen molar-refractivity contribution in [2.24, 2.45) is 0 Å². The number of amides is 2. The second-order valence-corrected chi connectivity index (χ2v) is 10.9. The molecular formula is C35H40N4O4. The summed E-state index contributed by atoms with van der Waals surface area (Å²) in [6.45, 7) is 8.96. The molecule has 0 aliphatic carbocycles. The van der Waals surface area contributed by atoms with Crippen molar-refractivity contribution in [3.63, 3.8) is 0 Å². The van der Waals surface area contributed by atoms with Crippen LogP contribution in [-0.2, 0) is 11.3 Å². The summed E-state index contributed by atoms with van der Waals surface area (Å²) in [4.78, 5) is 27.7. The predicted octanol–water partition coefficient (Wildman–Crippen LogP) is 6.33. The zero-order valence-corrected chi connectivity index (χ0v) is 25.3. The van der Waals surface area contributed by atoms with Crippen LogP contribution in [0.1, 0.15) is 59.7 Å². The van der Waals surface area contributed by atoms with Crippen molar-refractivity contribution in [1.82, 2.24) is 15.1 Å². The van der Waals surface area contributed by atoms with Crippen LogP contribution < -0.4 is 19.7 Å². The lowest BCUT2D eigenvalue weighted by Crippen LogP contribution is -2.31. The normalized spacial score (nSPS) is 12.7. The molecule has 1 aliphatic heterocycles. The van der Waals surface area contributed by atoms with E-state index in [9.17, 15) is 9.59 Å². The third kappa shape index (κ3) is 7.25. The summed E-state index contributed by atoms with van der Waals surface area (Å²) in [6, 6.07) is 19.6. The van der Waals surface area contributed by atoms with Crippen molar-refractivity contribution in [2.45, 2.75) is 53.0 Å². The van der Waals surface area contributed by atoms with Crippen LogP contribution in [0, 0.1) is 13.8 Å². The second-order valence-electron chi connectivity index (χ2n) is 10.9. The summed E-state index contributed by atoms with van der Waals surface area (Å²) in [7, 11) is 0. The first-order valence-corrected chi connectivity index (χ1v) is 15.1. The second kappa shape index (κ2) is 14.1. The first kappa shape index (κ1) is 29.9.